The second-order valence-corrected chi connectivity index (χ2v) is 9.56. The Morgan fingerprint density at radius 3 is 2.27 bits per heavy atom. The number of piperazine rings is 1. The molecule has 1 aromatic carbocycles. The maximum atomic E-state index is 13.2. The van der Waals surface area contributed by atoms with Crippen molar-refractivity contribution in [2.24, 2.45) is 5.92 Å². The molecule has 7 heteroatoms. The zero-order chi connectivity index (χ0) is 19.1. The molecule has 0 bridgehead atoms. The minimum atomic E-state index is -3.27. The summed E-state index contributed by atoms with van der Waals surface area (Å²) in [5, 5.41) is 0. The summed E-state index contributed by atoms with van der Waals surface area (Å²) in [7, 11) is -3.27. The van der Waals surface area contributed by atoms with Crippen molar-refractivity contribution in [2.45, 2.75) is 39.3 Å². The third-order valence-corrected chi connectivity index (χ3v) is 7.04. The van der Waals surface area contributed by atoms with Gasteiger partial charge in [0.1, 0.15) is 0 Å². The fourth-order valence-corrected chi connectivity index (χ4v) is 5.98. The van der Waals surface area contributed by atoms with Gasteiger partial charge in [-0.1, -0.05) is 39.0 Å². The predicted octanol–water partition coefficient (Wildman–Crippen LogP) is 1.36. The van der Waals surface area contributed by atoms with Gasteiger partial charge in [-0.15, -0.1) is 0 Å². The summed E-state index contributed by atoms with van der Waals surface area (Å²) in [5.41, 5.74) is 1.58. The number of fused-ring (bicyclic) bond motifs is 1. The highest BCUT2D eigenvalue weighted by Crippen LogP contribution is 2.29. The number of rotatable bonds is 3. The number of carbonyl (C=O) groups is 2. The number of sulfone groups is 1. The molecule has 142 valence electrons. The van der Waals surface area contributed by atoms with Gasteiger partial charge in [0.15, 0.2) is 9.84 Å². The van der Waals surface area contributed by atoms with Gasteiger partial charge in [-0.3, -0.25) is 9.59 Å². The fraction of sp³-hybridized carbons (Fsp3) is 0.579. The Balaban J connectivity index is 1.93. The highest BCUT2D eigenvalue weighted by Gasteiger charge is 2.49. The van der Waals surface area contributed by atoms with Crippen LogP contribution in [-0.4, -0.2) is 66.7 Å². The summed E-state index contributed by atoms with van der Waals surface area (Å²) in [6, 6.07) is 6.54. The van der Waals surface area contributed by atoms with Crippen LogP contribution in [0.1, 0.15) is 36.7 Å². The van der Waals surface area contributed by atoms with Gasteiger partial charge in [0, 0.05) is 24.6 Å². The third kappa shape index (κ3) is 3.37. The lowest BCUT2D eigenvalue weighted by Gasteiger charge is -2.44. The number of hydrogen-bond acceptors (Lipinski definition) is 4. The summed E-state index contributed by atoms with van der Waals surface area (Å²) in [5.74, 6) is -0.499. The maximum absolute atomic E-state index is 13.2. The van der Waals surface area contributed by atoms with Crippen molar-refractivity contribution in [3.63, 3.8) is 0 Å². The Morgan fingerprint density at radius 2 is 1.65 bits per heavy atom. The number of nitrogens with zero attached hydrogens (tertiary/aromatic N) is 2. The van der Waals surface area contributed by atoms with Crippen LogP contribution in [-0.2, 0) is 21.1 Å². The van der Waals surface area contributed by atoms with Crippen LogP contribution >= 0.6 is 0 Å². The van der Waals surface area contributed by atoms with Crippen molar-refractivity contribution in [3.8, 4) is 0 Å². The summed E-state index contributed by atoms with van der Waals surface area (Å²) < 4.78 is 24.6. The van der Waals surface area contributed by atoms with E-state index in [4.69, 9.17) is 0 Å². The number of hydrogen-bond donors (Lipinski definition) is 0. The quantitative estimate of drug-likeness (QED) is 0.796. The van der Waals surface area contributed by atoms with Crippen LogP contribution in [0.25, 0.3) is 0 Å². The van der Waals surface area contributed by atoms with Crippen molar-refractivity contribution in [1.29, 1.82) is 0 Å². The fourth-order valence-electron chi connectivity index (χ4n) is 4.00. The molecule has 0 spiro atoms. The van der Waals surface area contributed by atoms with Crippen molar-refractivity contribution in [3.05, 3.63) is 35.4 Å². The van der Waals surface area contributed by atoms with Crippen molar-refractivity contribution >= 4 is 21.7 Å². The average molecular weight is 378 g/mol. The van der Waals surface area contributed by atoms with Crippen LogP contribution in [0.15, 0.2) is 24.3 Å². The van der Waals surface area contributed by atoms with Gasteiger partial charge in [-0.2, -0.15) is 0 Å². The first-order valence-electron chi connectivity index (χ1n) is 9.15. The summed E-state index contributed by atoms with van der Waals surface area (Å²) in [6.45, 7) is 6.37. The van der Waals surface area contributed by atoms with E-state index in [0.717, 1.165) is 12.0 Å². The highest BCUT2D eigenvalue weighted by atomic mass is 32.2. The number of benzene rings is 1. The molecule has 2 fully saturated rings. The molecule has 0 aliphatic carbocycles. The van der Waals surface area contributed by atoms with Gasteiger partial charge in [0.05, 0.1) is 23.6 Å². The Kier molecular flexibility index (Phi) is 5.10. The SMILES string of the molecule is CCc1ccccc1C(=O)N1CCN(C(=O)C(C)C)[C@H]2CS(=O)(=O)C[C@H]21. The van der Waals surface area contributed by atoms with Gasteiger partial charge in [-0.05, 0) is 18.1 Å². The van der Waals surface area contributed by atoms with Crippen LogP contribution in [0, 0.1) is 5.92 Å². The summed E-state index contributed by atoms with van der Waals surface area (Å²) in [4.78, 5) is 29.0. The predicted molar refractivity (Wildman–Crippen MR) is 99.6 cm³/mol. The summed E-state index contributed by atoms with van der Waals surface area (Å²) in [6.07, 6.45) is 0.736. The number of aryl methyl sites for hydroxylation is 1. The first kappa shape index (κ1) is 18.9. The van der Waals surface area contributed by atoms with Gasteiger partial charge >= 0.3 is 0 Å². The monoisotopic (exact) mass is 378 g/mol. The second kappa shape index (κ2) is 7.02. The molecule has 2 aliphatic rings. The van der Waals surface area contributed by atoms with Gasteiger partial charge < -0.3 is 9.80 Å². The zero-order valence-electron chi connectivity index (χ0n) is 15.5. The molecule has 3 rings (SSSR count). The van der Waals surface area contributed by atoms with Crippen LogP contribution in [0.3, 0.4) is 0 Å². The molecule has 0 unspecified atom stereocenters. The minimum absolute atomic E-state index is 0.0434. The zero-order valence-corrected chi connectivity index (χ0v) is 16.3. The molecule has 2 heterocycles. The smallest absolute Gasteiger partial charge is 0.254 e. The molecule has 2 saturated heterocycles. The molecule has 1 aromatic rings. The molecule has 2 atom stereocenters. The van der Waals surface area contributed by atoms with E-state index in [0.29, 0.717) is 18.7 Å². The van der Waals surface area contributed by atoms with E-state index in [-0.39, 0.29) is 29.2 Å². The van der Waals surface area contributed by atoms with Gasteiger partial charge in [-0.25, -0.2) is 8.42 Å². The number of amides is 2. The molecule has 0 aromatic heterocycles. The van der Waals surface area contributed by atoms with Crippen LogP contribution in [0.2, 0.25) is 0 Å². The molecule has 6 nitrogen and oxygen atoms in total. The molecule has 0 radical (unpaired) electrons. The van der Waals surface area contributed by atoms with E-state index < -0.39 is 21.9 Å². The van der Waals surface area contributed by atoms with Gasteiger partial charge in [0.2, 0.25) is 5.91 Å². The van der Waals surface area contributed by atoms with Crippen molar-refractivity contribution < 1.29 is 18.0 Å². The molecule has 2 amide bonds. The molecule has 0 saturated carbocycles. The number of carbonyl (C=O) groups excluding carboxylic acids is 2. The largest absolute Gasteiger partial charge is 0.335 e. The maximum Gasteiger partial charge on any atom is 0.254 e. The first-order chi connectivity index (χ1) is 12.2. The van der Waals surface area contributed by atoms with E-state index in [9.17, 15) is 18.0 Å². The minimum Gasteiger partial charge on any atom is -0.335 e. The van der Waals surface area contributed by atoms with E-state index in [1.807, 2.05) is 39.0 Å². The molecular weight excluding hydrogens is 352 g/mol. The second-order valence-electron chi connectivity index (χ2n) is 7.41. The first-order valence-corrected chi connectivity index (χ1v) is 11.0. The highest BCUT2D eigenvalue weighted by molar-refractivity contribution is 7.91. The molecule has 26 heavy (non-hydrogen) atoms. The van der Waals surface area contributed by atoms with Crippen LogP contribution in [0.5, 0.6) is 0 Å². The standard InChI is InChI=1S/C19H26N2O4S/c1-4-14-7-5-6-8-15(14)19(23)21-10-9-20(18(22)13(2)3)16-11-26(24,25)12-17(16)21/h5-8,13,16-17H,4,9-12H2,1-3H3/t16-,17+/m0/s1. The third-order valence-electron chi connectivity index (χ3n) is 5.34. The lowest BCUT2D eigenvalue weighted by atomic mass is 9.99. The van der Waals surface area contributed by atoms with Crippen LogP contribution in [0.4, 0.5) is 0 Å². The lowest BCUT2D eigenvalue weighted by molar-refractivity contribution is -0.139. The molecular formula is C19H26N2O4S. The van der Waals surface area contributed by atoms with E-state index in [1.165, 1.54) is 0 Å². The topological polar surface area (TPSA) is 74.8 Å². The van der Waals surface area contributed by atoms with E-state index in [2.05, 4.69) is 0 Å². The van der Waals surface area contributed by atoms with Gasteiger partial charge in [0.25, 0.3) is 5.91 Å². The Hall–Kier alpha value is -1.89. The Labute approximate surface area is 155 Å². The lowest BCUT2D eigenvalue weighted by Crippen LogP contribution is -2.62. The van der Waals surface area contributed by atoms with E-state index >= 15 is 0 Å². The van der Waals surface area contributed by atoms with Crippen LogP contribution < -0.4 is 0 Å². The Bertz CT molecular complexity index is 819. The molecule has 0 N–H and O–H groups in total. The van der Waals surface area contributed by atoms with Crippen molar-refractivity contribution in [2.75, 3.05) is 24.6 Å². The van der Waals surface area contributed by atoms with Crippen molar-refractivity contribution in [1.82, 2.24) is 9.80 Å². The summed E-state index contributed by atoms with van der Waals surface area (Å²) >= 11 is 0. The average Bonchev–Trinajstić information content (AvgIpc) is 2.94. The Morgan fingerprint density at radius 1 is 1.08 bits per heavy atom. The molecule has 2 aliphatic heterocycles. The normalized spacial score (nSPS) is 24.6. The van der Waals surface area contributed by atoms with E-state index in [1.54, 1.807) is 15.9 Å².